The molecule has 1 atom stereocenters. The van der Waals surface area contributed by atoms with Crippen LogP contribution < -0.4 is 0 Å². The molecule has 1 aromatic carbocycles. The summed E-state index contributed by atoms with van der Waals surface area (Å²) in [5.74, 6) is 0.157. The largest absolute Gasteiger partial charge is 0.416 e. The number of carbonyl (C=O) groups excluding carboxylic acids is 1. The molecule has 3 rings (SSSR count). The standard InChI is InChI=1S/C20H21F3N2O/c21-20(22,23)18-8-2-1-6-16(18)10-9-15-5-4-12-25(14-15)19(26)17-7-3-11-24-13-17/h1-3,6-8,11,13,15H,4-5,9-10,12,14H2/t15-/m1/s1. The van der Waals surface area contributed by atoms with Gasteiger partial charge in [0.25, 0.3) is 5.91 Å². The molecular weight excluding hydrogens is 341 g/mol. The number of aromatic nitrogens is 1. The molecule has 2 heterocycles. The van der Waals surface area contributed by atoms with Crippen molar-refractivity contribution in [2.75, 3.05) is 13.1 Å². The minimum atomic E-state index is -4.33. The third-order valence-corrected chi connectivity index (χ3v) is 4.86. The number of likely N-dealkylation sites (tertiary alicyclic amines) is 1. The molecule has 0 bridgehead atoms. The Kier molecular flexibility index (Phi) is 5.59. The predicted molar refractivity (Wildman–Crippen MR) is 92.6 cm³/mol. The highest BCUT2D eigenvalue weighted by Crippen LogP contribution is 2.33. The maximum atomic E-state index is 13.1. The van der Waals surface area contributed by atoms with Crippen LogP contribution in [0.2, 0.25) is 0 Å². The minimum Gasteiger partial charge on any atom is -0.338 e. The molecule has 1 amide bonds. The molecule has 1 fully saturated rings. The smallest absolute Gasteiger partial charge is 0.338 e. The van der Waals surface area contributed by atoms with Crippen LogP contribution in [-0.2, 0) is 12.6 Å². The summed E-state index contributed by atoms with van der Waals surface area (Å²) in [7, 11) is 0. The third kappa shape index (κ3) is 4.42. The average Bonchev–Trinajstić information content (AvgIpc) is 2.66. The van der Waals surface area contributed by atoms with Gasteiger partial charge >= 0.3 is 6.18 Å². The SMILES string of the molecule is O=C(c1cccnc1)N1CCC[C@H](CCc2ccccc2C(F)(F)F)C1. The highest BCUT2D eigenvalue weighted by Gasteiger charge is 2.33. The topological polar surface area (TPSA) is 33.2 Å². The molecule has 0 aliphatic carbocycles. The van der Waals surface area contributed by atoms with E-state index in [4.69, 9.17) is 0 Å². The van der Waals surface area contributed by atoms with E-state index in [9.17, 15) is 18.0 Å². The molecule has 0 saturated carbocycles. The Morgan fingerprint density at radius 3 is 2.73 bits per heavy atom. The lowest BCUT2D eigenvalue weighted by Crippen LogP contribution is -2.40. The van der Waals surface area contributed by atoms with Gasteiger partial charge in [0, 0.05) is 25.5 Å². The van der Waals surface area contributed by atoms with Crippen molar-refractivity contribution in [3.05, 3.63) is 65.5 Å². The van der Waals surface area contributed by atoms with Gasteiger partial charge in [0.1, 0.15) is 0 Å². The molecular formula is C20H21F3N2O. The van der Waals surface area contributed by atoms with Crippen molar-refractivity contribution in [3.63, 3.8) is 0 Å². The summed E-state index contributed by atoms with van der Waals surface area (Å²) in [6.07, 6.45) is 1.66. The van der Waals surface area contributed by atoms with E-state index in [0.717, 1.165) is 18.9 Å². The highest BCUT2D eigenvalue weighted by molar-refractivity contribution is 5.93. The number of aryl methyl sites for hydroxylation is 1. The Labute approximate surface area is 150 Å². The lowest BCUT2D eigenvalue weighted by atomic mass is 9.90. The lowest BCUT2D eigenvalue weighted by Gasteiger charge is -2.33. The zero-order valence-corrected chi connectivity index (χ0v) is 14.4. The summed E-state index contributed by atoms with van der Waals surface area (Å²) in [6, 6.07) is 9.20. The number of carbonyl (C=O) groups is 1. The first-order chi connectivity index (χ1) is 12.4. The minimum absolute atomic E-state index is 0.0570. The number of amides is 1. The Balaban J connectivity index is 1.62. The number of pyridine rings is 1. The van der Waals surface area contributed by atoms with Crippen LogP contribution in [0.15, 0.2) is 48.8 Å². The van der Waals surface area contributed by atoms with E-state index in [1.807, 2.05) is 0 Å². The quantitative estimate of drug-likeness (QED) is 0.797. The fourth-order valence-electron chi connectivity index (χ4n) is 3.53. The fourth-order valence-corrected chi connectivity index (χ4v) is 3.53. The second-order valence-corrected chi connectivity index (χ2v) is 6.69. The van der Waals surface area contributed by atoms with Gasteiger partial charge in [-0.05, 0) is 55.4 Å². The zero-order chi connectivity index (χ0) is 18.6. The van der Waals surface area contributed by atoms with Crippen molar-refractivity contribution in [2.24, 2.45) is 5.92 Å². The Bertz CT molecular complexity index is 746. The number of hydrogen-bond acceptors (Lipinski definition) is 2. The van der Waals surface area contributed by atoms with Crippen LogP contribution in [0.5, 0.6) is 0 Å². The van der Waals surface area contributed by atoms with Crippen molar-refractivity contribution < 1.29 is 18.0 Å². The maximum absolute atomic E-state index is 13.1. The van der Waals surface area contributed by atoms with Crippen LogP contribution >= 0.6 is 0 Å². The summed E-state index contributed by atoms with van der Waals surface area (Å²) in [5.41, 5.74) is 0.324. The van der Waals surface area contributed by atoms with Crippen LogP contribution in [0.3, 0.4) is 0 Å². The molecule has 1 aliphatic rings. The summed E-state index contributed by atoms with van der Waals surface area (Å²) in [4.78, 5) is 18.3. The van der Waals surface area contributed by atoms with Gasteiger partial charge in [-0.2, -0.15) is 13.2 Å². The lowest BCUT2D eigenvalue weighted by molar-refractivity contribution is -0.138. The summed E-state index contributed by atoms with van der Waals surface area (Å²) in [6.45, 7) is 1.27. The molecule has 138 valence electrons. The molecule has 1 saturated heterocycles. The van der Waals surface area contributed by atoms with Crippen LogP contribution in [-0.4, -0.2) is 28.9 Å². The van der Waals surface area contributed by atoms with Gasteiger partial charge in [0.2, 0.25) is 0 Å². The Morgan fingerprint density at radius 1 is 1.19 bits per heavy atom. The monoisotopic (exact) mass is 362 g/mol. The van der Waals surface area contributed by atoms with E-state index in [0.29, 0.717) is 37.1 Å². The van der Waals surface area contributed by atoms with Crippen LogP contribution in [0.25, 0.3) is 0 Å². The second-order valence-electron chi connectivity index (χ2n) is 6.69. The first-order valence-electron chi connectivity index (χ1n) is 8.79. The van der Waals surface area contributed by atoms with Crippen molar-refractivity contribution >= 4 is 5.91 Å². The van der Waals surface area contributed by atoms with Gasteiger partial charge in [-0.25, -0.2) is 0 Å². The third-order valence-electron chi connectivity index (χ3n) is 4.86. The number of rotatable bonds is 4. The van der Waals surface area contributed by atoms with Crippen LogP contribution in [0, 0.1) is 5.92 Å². The van der Waals surface area contributed by atoms with Gasteiger partial charge in [0.15, 0.2) is 0 Å². The molecule has 0 radical (unpaired) electrons. The number of hydrogen-bond donors (Lipinski definition) is 0. The number of nitrogens with zero attached hydrogens (tertiary/aromatic N) is 2. The fraction of sp³-hybridized carbons (Fsp3) is 0.400. The summed E-state index contributed by atoms with van der Waals surface area (Å²) in [5, 5.41) is 0. The van der Waals surface area contributed by atoms with Gasteiger partial charge in [-0.15, -0.1) is 0 Å². The normalized spacial score (nSPS) is 18.0. The maximum Gasteiger partial charge on any atom is 0.416 e. The molecule has 6 heteroatoms. The second kappa shape index (κ2) is 7.89. The number of benzene rings is 1. The molecule has 0 spiro atoms. The Hall–Kier alpha value is -2.37. The van der Waals surface area contributed by atoms with E-state index in [-0.39, 0.29) is 11.8 Å². The van der Waals surface area contributed by atoms with Gasteiger partial charge in [0.05, 0.1) is 11.1 Å². The average molecular weight is 362 g/mol. The van der Waals surface area contributed by atoms with E-state index < -0.39 is 11.7 Å². The molecule has 0 N–H and O–H groups in total. The first-order valence-corrected chi connectivity index (χ1v) is 8.79. The molecule has 1 aliphatic heterocycles. The highest BCUT2D eigenvalue weighted by atomic mass is 19.4. The molecule has 26 heavy (non-hydrogen) atoms. The number of alkyl halides is 3. The van der Waals surface area contributed by atoms with E-state index >= 15 is 0 Å². The van der Waals surface area contributed by atoms with Gasteiger partial charge < -0.3 is 4.90 Å². The summed E-state index contributed by atoms with van der Waals surface area (Å²) >= 11 is 0. The number of halogens is 3. The van der Waals surface area contributed by atoms with Gasteiger partial charge in [-0.1, -0.05) is 18.2 Å². The zero-order valence-electron chi connectivity index (χ0n) is 14.4. The van der Waals surface area contributed by atoms with Crippen molar-refractivity contribution in [2.45, 2.75) is 31.9 Å². The predicted octanol–water partition coefficient (Wildman–Crippen LogP) is 4.59. The van der Waals surface area contributed by atoms with E-state index in [1.54, 1.807) is 41.6 Å². The van der Waals surface area contributed by atoms with Crippen molar-refractivity contribution in [3.8, 4) is 0 Å². The van der Waals surface area contributed by atoms with E-state index in [1.165, 1.54) is 6.07 Å². The van der Waals surface area contributed by atoms with Crippen molar-refractivity contribution in [1.29, 1.82) is 0 Å². The summed E-state index contributed by atoms with van der Waals surface area (Å²) < 4.78 is 39.3. The molecule has 1 aromatic heterocycles. The van der Waals surface area contributed by atoms with E-state index in [2.05, 4.69) is 4.98 Å². The Morgan fingerprint density at radius 2 is 2.00 bits per heavy atom. The van der Waals surface area contributed by atoms with Crippen LogP contribution in [0.4, 0.5) is 13.2 Å². The molecule has 3 nitrogen and oxygen atoms in total. The van der Waals surface area contributed by atoms with Crippen LogP contribution in [0.1, 0.15) is 40.7 Å². The van der Waals surface area contributed by atoms with Crippen molar-refractivity contribution in [1.82, 2.24) is 9.88 Å². The molecule has 0 unspecified atom stereocenters. The van der Waals surface area contributed by atoms with Gasteiger partial charge in [-0.3, -0.25) is 9.78 Å². The molecule has 2 aromatic rings. The first kappa shape index (κ1) is 18.4. The number of piperidine rings is 1.